The zero-order valence-corrected chi connectivity index (χ0v) is 8.50. The molecule has 0 aromatic carbocycles. The summed E-state index contributed by atoms with van der Waals surface area (Å²) in [6.45, 7) is 1.80. The molecule has 3 N–H and O–H groups in total. The first-order valence-electron chi connectivity index (χ1n) is 3.73. The number of nitrogens with one attached hydrogen (secondary N) is 1. The van der Waals surface area contributed by atoms with Crippen LogP contribution in [0.4, 0.5) is 0 Å². The van der Waals surface area contributed by atoms with Crippen LogP contribution in [0.25, 0.3) is 0 Å². The lowest BCUT2D eigenvalue weighted by Crippen LogP contribution is -2.38. The van der Waals surface area contributed by atoms with Crippen LogP contribution in [0, 0.1) is 0 Å². The first kappa shape index (κ1) is 15.1. The Morgan fingerprint density at radius 2 is 2.08 bits per heavy atom. The van der Waals surface area contributed by atoms with Gasteiger partial charge >= 0.3 is 5.97 Å². The zero-order valence-electron chi connectivity index (χ0n) is 7.69. The number of aliphatic hydroxyl groups is 1. The molecule has 80 valence electrons. The number of hydrogen-bond acceptors (Lipinski definition) is 4. The molecule has 0 amide bonds. The van der Waals surface area contributed by atoms with E-state index in [1.165, 1.54) is 0 Å². The molecule has 0 heterocycles. The van der Waals surface area contributed by atoms with Crippen LogP contribution in [-0.2, 0) is 9.53 Å². The lowest BCUT2D eigenvalue weighted by molar-refractivity contribution is -0.141. The molecule has 0 spiro atoms. The predicted octanol–water partition coefficient (Wildman–Crippen LogP) is -0.522. The predicted molar refractivity (Wildman–Crippen MR) is 50.2 cm³/mol. The van der Waals surface area contributed by atoms with Crippen molar-refractivity contribution in [2.45, 2.75) is 19.1 Å². The summed E-state index contributed by atoms with van der Waals surface area (Å²) in [6, 6.07) is -0.705. The highest BCUT2D eigenvalue weighted by Crippen LogP contribution is 1.88. The average molecular weight is 214 g/mol. The van der Waals surface area contributed by atoms with Crippen molar-refractivity contribution in [2.24, 2.45) is 0 Å². The first-order valence-corrected chi connectivity index (χ1v) is 3.73. The molecule has 0 aromatic heterocycles. The summed E-state index contributed by atoms with van der Waals surface area (Å²) in [6.07, 6.45) is -0.559. The molecule has 0 fully saturated rings. The SMILES string of the molecule is CN[C@@H](COC[C@H](C)O)C(=O)O.Cl. The Kier molecular flexibility index (Phi) is 9.60. The van der Waals surface area contributed by atoms with Gasteiger partial charge in [-0.2, -0.15) is 0 Å². The molecule has 0 bridgehead atoms. The van der Waals surface area contributed by atoms with Crippen molar-refractivity contribution in [2.75, 3.05) is 20.3 Å². The monoisotopic (exact) mass is 213 g/mol. The van der Waals surface area contributed by atoms with Crippen LogP contribution >= 0.6 is 12.4 Å². The largest absolute Gasteiger partial charge is 0.480 e. The summed E-state index contributed by atoms with van der Waals surface area (Å²) in [4.78, 5) is 10.4. The second-order valence-electron chi connectivity index (χ2n) is 2.57. The number of likely N-dealkylation sites (N-methyl/N-ethyl adjacent to an activating group) is 1. The minimum Gasteiger partial charge on any atom is -0.480 e. The van der Waals surface area contributed by atoms with E-state index in [0.29, 0.717) is 0 Å². The number of aliphatic carboxylic acids is 1. The van der Waals surface area contributed by atoms with Gasteiger partial charge in [-0.25, -0.2) is 0 Å². The fourth-order valence-electron chi connectivity index (χ4n) is 0.635. The Balaban J connectivity index is 0. The van der Waals surface area contributed by atoms with Gasteiger partial charge in [-0.3, -0.25) is 4.79 Å². The summed E-state index contributed by atoms with van der Waals surface area (Å²) in [5.41, 5.74) is 0. The van der Waals surface area contributed by atoms with Gasteiger partial charge in [-0.05, 0) is 14.0 Å². The Hall–Kier alpha value is -0.360. The number of rotatable bonds is 6. The molecular formula is C7H16ClNO4. The summed E-state index contributed by atoms with van der Waals surface area (Å²) in [5, 5.41) is 19.9. The highest BCUT2D eigenvalue weighted by Gasteiger charge is 2.14. The number of hydrogen-bond donors (Lipinski definition) is 3. The third-order valence-corrected chi connectivity index (χ3v) is 1.29. The Morgan fingerprint density at radius 1 is 1.54 bits per heavy atom. The van der Waals surface area contributed by atoms with Crippen molar-refractivity contribution >= 4 is 18.4 Å². The number of carboxylic acids is 1. The van der Waals surface area contributed by atoms with Crippen LogP contribution in [0.5, 0.6) is 0 Å². The van der Waals surface area contributed by atoms with Crippen LogP contribution in [0.15, 0.2) is 0 Å². The smallest absolute Gasteiger partial charge is 0.323 e. The van der Waals surface area contributed by atoms with E-state index in [2.05, 4.69) is 5.32 Å². The molecule has 0 radical (unpaired) electrons. The number of halogens is 1. The van der Waals surface area contributed by atoms with E-state index >= 15 is 0 Å². The van der Waals surface area contributed by atoms with Gasteiger partial charge in [-0.1, -0.05) is 0 Å². The maximum absolute atomic E-state index is 10.4. The maximum Gasteiger partial charge on any atom is 0.323 e. The van der Waals surface area contributed by atoms with Gasteiger partial charge in [0.1, 0.15) is 6.04 Å². The molecule has 0 aliphatic heterocycles. The lowest BCUT2D eigenvalue weighted by Gasteiger charge is -2.12. The second kappa shape index (κ2) is 8.25. The topological polar surface area (TPSA) is 78.8 Å². The molecular weight excluding hydrogens is 198 g/mol. The van der Waals surface area contributed by atoms with Gasteiger partial charge in [0, 0.05) is 0 Å². The van der Waals surface area contributed by atoms with Crippen LogP contribution < -0.4 is 5.32 Å². The van der Waals surface area contributed by atoms with Crippen molar-refractivity contribution in [3.05, 3.63) is 0 Å². The lowest BCUT2D eigenvalue weighted by atomic mass is 10.3. The van der Waals surface area contributed by atoms with Gasteiger partial charge in [0.15, 0.2) is 0 Å². The average Bonchev–Trinajstić information content (AvgIpc) is 1.96. The Labute approximate surface area is 83.5 Å². The van der Waals surface area contributed by atoms with E-state index in [-0.39, 0.29) is 25.6 Å². The minimum absolute atomic E-state index is 0. The van der Waals surface area contributed by atoms with E-state index in [0.717, 1.165) is 0 Å². The third-order valence-electron chi connectivity index (χ3n) is 1.29. The molecule has 0 unspecified atom stereocenters. The van der Waals surface area contributed by atoms with Crippen molar-refractivity contribution in [3.8, 4) is 0 Å². The molecule has 0 saturated carbocycles. The summed E-state index contributed by atoms with van der Waals surface area (Å²) in [7, 11) is 1.55. The number of aliphatic hydroxyl groups excluding tert-OH is 1. The van der Waals surface area contributed by atoms with Crippen molar-refractivity contribution < 1.29 is 19.7 Å². The molecule has 0 saturated heterocycles. The van der Waals surface area contributed by atoms with Gasteiger partial charge < -0.3 is 20.3 Å². The van der Waals surface area contributed by atoms with E-state index in [1.54, 1.807) is 14.0 Å². The van der Waals surface area contributed by atoms with Gasteiger partial charge in [0.25, 0.3) is 0 Å². The van der Waals surface area contributed by atoms with Crippen molar-refractivity contribution in [3.63, 3.8) is 0 Å². The normalized spacial score (nSPS) is 14.4. The second-order valence-corrected chi connectivity index (χ2v) is 2.57. The highest BCUT2D eigenvalue weighted by molar-refractivity contribution is 5.85. The number of ether oxygens (including phenoxy) is 1. The molecule has 2 atom stereocenters. The number of carboxylic acid groups (broad SMARTS) is 1. The van der Waals surface area contributed by atoms with Crippen LogP contribution in [0.1, 0.15) is 6.92 Å². The van der Waals surface area contributed by atoms with E-state index in [1.807, 2.05) is 0 Å². The fraction of sp³-hybridized carbons (Fsp3) is 0.857. The highest BCUT2D eigenvalue weighted by atomic mass is 35.5. The molecule has 5 nitrogen and oxygen atoms in total. The molecule has 0 aromatic rings. The standard InChI is InChI=1S/C7H15NO4.ClH/c1-5(9)3-12-4-6(8-2)7(10)11;/h5-6,8-9H,3-4H2,1-2H3,(H,10,11);1H/t5-,6-;/m0./s1. The van der Waals surface area contributed by atoms with Crippen molar-refractivity contribution in [1.82, 2.24) is 5.32 Å². The summed E-state index contributed by atoms with van der Waals surface area (Å²) >= 11 is 0. The molecule has 0 aliphatic rings. The maximum atomic E-state index is 10.4. The summed E-state index contributed by atoms with van der Waals surface area (Å²) < 4.78 is 4.92. The van der Waals surface area contributed by atoms with Gasteiger partial charge in [0.2, 0.25) is 0 Å². The molecule has 13 heavy (non-hydrogen) atoms. The molecule has 0 aliphatic carbocycles. The fourth-order valence-corrected chi connectivity index (χ4v) is 0.635. The Morgan fingerprint density at radius 3 is 2.38 bits per heavy atom. The summed E-state index contributed by atoms with van der Waals surface area (Å²) in [5.74, 6) is -0.955. The first-order chi connectivity index (χ1) is 5.57. The van der Waals surface area contributed by atoms with E-state index in [9.17, 15) is 4.79 Å². The van der Waals surface area contributed by atoms with E-state index < -0.39 is 18.1 Å². The minimum atomic E-state index is -0.955. The Bertz CT molecular complexity index is 142. The van der Waals surface area contributed by atoms with Gasteiger partial charge in [0.05, 0.1) is 19.3 Å². The van der Waals surface area contributed by atoms with Crippen LogP contribution in [-0.4, -0.2) is 48.6 Å². The quantitative estimate of drug-likeness (QED) is 0.553. The third kappa shape index (κ3) is 7.98. The van der Waals surface area contributed by atoms with Crippen LogP contribution in [0.3, 0.4) is 0 Å². The molecule has 0 rings (SSSR count). The zero-order chi connectivity index (χ0) is 9.56. The van der Waals surface area contributed by atoms with Gasteiger partial charge in [-0.15, -0.1) is 12.4 Å². The van der Waals surface area contributed by atoms with Crippen LogP contribution in [0.2, 0.25) is 0 Å². The van der Waals surface area contributed by atoms with E-state index in [4.69, 9.17) is 14.9 Å². The number of carbonyl (C=O) groups is 1. The molecule has 6 heteroatoms. The van der Waals surface area contributed by atoms with Crippen molar-refractivity contribution in [1.29, 1.82) is 0 Å².